The lowest BCUT2D eigenvalue weighted by Gasteiger charge is -2.27. The van der Waals surface area contributed by atoms with Gasteiger partial charge in [0.2, 0.25) is 0 Å². The fraction of sp³-hybridized carbons (Fsp3) is 0.773. The SMILES string of the molecule is CCCCC[C@H](O)/C=C/[C@@H]1[C@@H](C/C=C\CCCC(=O)O)[C@@H]2C[C@H]1OC(C)O2. The van der Waals surface area contributed by atoms with Crippen molar-refractivity contribution in [3.63, 3.8) is 0 Å². The highest BCUT2D eigenvalue weighted by atomic mass is 16.7. The summed E-state index contributed by atoms with van der Waals surface area (Å²) in [4.78, 5) is 10.6. The molecular formula is C22H36O5. The number of aliphatic carboxylic acids is 1. The molecule has 0 amide bonds. The third kappa shape index (κ3) is 7.40. The normalized spacial score (nSPS) is 31.7. The summed E-state index contributed by atoms with van der Waals surface area (Å²) in [6.45, 7) is 4.11. The first-order valence-electron chi connectivity index (χ1n) is 10.5. The Morgan fingerprint density at radius 2 is 1.96 bits per heavy atom. The molecule has 6 atom stereocenters. The van der Waals surface area contributed by atoms with Crippen molar-refractivity contribution in [2.45, 2.75) is 96.2 Å². The lowest BCUT2D eigenvalue weighted by molar-refractivity contribution is -0.214. The minimum absolute atomic E-state index is 0.156. The molecule has 1 saturated heterocycles. The molecule has 2 aliphatic rings. The number of allylic oxidation sites excluding steroid dienone is 2. The van der Waals surface area contributed by atoms with E-state index >= 15 is 0 Å². The zero-order valence-electron chi connectivity index (χ0n) is 16.8. The highest BCUT2D eigenvalue weighted by Gasteiger charge is 2.47. The maximum Gasteiger partial charge on any atom is 0.303 e. The number of aliphatic hydroxyl groups excluding tert-OH is 1. The average molecular weight is 381 g/mol. The zero-order valence-corrected chi connectivity index (χ0v) is 16.8. The summed E-state index contributed by atoms with van der Waals surface area (Å²) in [5.41, 5.74) is 0. The Hall–Kier alpha value is -1.17. The van der Waals surface area contributed by atoms with Crippen molar-refractivity contribution >= 4 is 5.97 Å². The summed E-state index contributed by atoms with van der Waals surface area (Å²) in [7, 11) is 0. The van der Waals surface area contributed by atoms with Crippen LogP contribution in [-0.4, -0.2) is 40.8 Å². The molecule has 0 spiro atoms. The van der Waals surface area contributed by atoms with Crippen molar-refractivity contribution in [1.82, 2.24) is 0 Å². The van der Waals surface area contributed by atoms with Gasteiger partial charge in [-0.2, -0.15) is 0 Å². The molecule has 27 heavy (non-hydrogen) atoms. The van der Waals surface area contributed by atoms with E-state index in [9.17, 15) is 9.90 Å². The Kier molecular flexibility index (Phi) is 9.52. The van der Waals surface area contributed by atoms with Crippen LogP contribution in [0.2, 0.25) is 0 Å². The highest BCUT2D eigenvalue weighted by molar-refractivity contribution is 5.66. The van der Waals surface area contributed by atoms with E-state index in [1.165, 1.54) is 0 Å². The first kappa shape index (κ1) is 22.1. The number of aliphatic hydroxyl groups is 1. The fourth-order valence-corrected chi connectivity index (χ4v) is 4.19. The molecule has 0 radical (unpaired) electrons. The van der Waals surface area contributed by atoms with Crippen LogP contribution in [0, 0.1) is 11.8 Å². The smallest absolute Gasteiger partial charge is 0.303 e. The monoisotopic (exact) mass is 380 g/mol. The predicted molar refractivity (Wildman–Crippen MR) is 105 cm³/mol. The van der Waals surface area contributed by atoms with Gasteiger partial charge in [-0.1, -0.05) is 50.5 Å². The number of carbonyl (C=O) groups is 1. The molecule has 0 aromatic rings. The van der Waals surface area contributed by atoms with Crippen LogP contribution in [0.25, 0.3) is 0 Å². The number of unbranched alkanes of at least 4 members (excludes halogenated alkanes) is 3. The molecule has 154 valence electrons. The van der Waals surface area contributed by atoms with Crippen molar-refractivity contribution in [3.8, 4) is 0 Å². The Labute approximate surface area is 163 Å². The number of hydrogen-bond donors (Lipinski definition) is 2. The van der Waals surface area contributed by atoms with Gasteiger partial charge < -0.3 is 19.7 Å². The van der Waals surface area contributed by atoms with Gasteiger partial charge >= 0.3 is 5.97 Å². The molecule has 1 heterocycles. The van der Waals surface area contributed by atoms with Gasteiger partial charge in [0.25, 0.3) is 0 Å². The topological polar surface area (TPSA) is 76.0 Å². The number of fused-ring (bicyclic) bond motifs is 2. The Balaban J connectivity index is 1.89. The summed E-state index contributed by atoms with van der Waals surface area (Å²) >= 11 is 0. The quantitative estimate of drug-likeness (QED) is 0.386. The van der Waals surface area contributed by atoms with Crippen LogP contribution in [0.5, 0.6) is 0 Å². The maximum absolute atomic E-state index is 10.6. The summed E-state index contributed by atoms with van der Waals surface area (Å²) in [5, 5.41) is 18.9. The molecule has 5 heteroatoms. The number of carboxylic acids is 1. The van der Waals surface area contributed by atoms with Gasteiger partial charge in [0.1, 0.15) is 0 Å². The molecule has 1 aliphatic heterocycles. The lowest BCUT2D eigenvalue weighted by Crippen LogP contribution is -2.31. The molecule has 2 rings (SSSR count). The van der Waals surface area contributed by atoms with E-state index in [0.717, 1.165) is 44.9 Å². The Bertz CT molecular complexity index is 501. The van der Waals surface area contributed by atoms with Crippen molar-refractivity contribution in [2.75, 3.05) is 0 Å². The van der Waals surface area contributed by atoms with Crippen molar-refractivity contribution in [2.24, 2.45) is 11.8 Å². The van der Waals surface area contributed by atoms with E-state index in [0.29, 0.717) is 12.3 Å². The van der Waals surface area contributed by atoms with Gasteiger partial charge in [0, 0.05) is 18.8 Å². The lowest BCUT2D eigenvalue weighted by atomic mass is 9.89. The second-order valence-corrected chi connectivity index (χ2v) is 7.83. The molecule has 0 aromatic carbocycles. The third-order valence-corrected chi connectivity index (χ3v) is 5.59. The summed E-state index contributed by atoms with van der Waals surface area (Å²) in [5.74, 6) is -0.144. The molecule has 5 nitrogen and oxygen atoms in total. The second-order valence-electron chi connectivity index (χ2n) is 7.83. The first-order chi connectivity index (χ1) is 13.0. The third-order valence-electron chi connectivity index (χ3n) is 5.59. The molecule has 0 aromatic heterocycles. The van der Waals surface area contributed by atoms with Gasteiger partial charge in [-0.3, -0.25) is 4.79 Å². The van der Waals surface area contributed by atoms with Crippen LogP contribution >= 0.6 is 0 Å². The standard InChI is InChI=1S/C22H36O5/c1-3-4-7-10-17(23)13-14-19-18(11-8-5-6-9-12-22(24)25)20-15-21(19)27-16(2)26-20/h5,8,13-14,16-21,23H,3-4,6-7,9-12,15H2,1-2H3,(H,24,25)/b8-5-,14-13+/t16?,17-,18+,19+,20-,21+/m0/s1. The second kappa shape index (κ2) is 11.6. The van der Waals surface area contributed by atoms with Crippen LogP contribution in [-0.2, 0) is 14.3 Å². The first-order valence-corrected chi connectivity index (χ1v) is 10.5. The van der Waals surface area contributed by atoms with E-state index in [1.807, 2.05) is 13.0 Å². The van der Waals surface area contributed by atoms with Gasteiger partial charge in [-0.25, -0.2) is 0 Å². The Morgan fingerprint density at radius 1 is 1.19 bits per heavy atom. The molecule has 2 fully saturated rings. The maximum atomic E-state index is 10.6. The highest BCUT2D eigenvalue weighted by Crippen LogP contribution is 2.44. The number of carboxylic acid groups (broad SMARTS) is 1. The molecule has 1 saturated carbocycles. The molecule has 1 aliphatic carbocycles. The Morgan fingerprint density at radius 3 is 2.70 bits per heavy atom. The van der Waals surface area contributed by atoms with Gasteiger partial charge in [0.05, 0.1) is 18.3 Å². The van der Waals surface area contributed by atoms with E-state index in [1.54, 1.807) is 0 Å². The minimum Gasteiger partial charge on any atom is -0.481 e. The summed E-state index contributed by atoms with van der Waals surface area (Å²) in [6.07, 6.45) is 15.8. The molecule has 1 unspecified atom stereocenters. The van der Waals surface area contributed by atoms with E-state index in [4.69, 9.17) is 14.6 Å². The number of hydrogen-bond acceptors (Lipinski definition) is 4. The van der Waals surface area contributed by atoms with Gasteiger partial charge in [-0.05, 0) is 38.5 Å². The zero-order chi connectivity index (χ0) is 19.6. The van der Waals surface area contributed by atoms with Crippen LogP contribution in [0.1, 0.15) is 71.6 Å². The molecule has 2 bridgehead atoms. The number of rotatable bonds is 12. The summed E-state index contributed by atoms with van der Waals surface area (Å²) in [6, 6.07) is 0. The largest absolute Gasteiger partial charge is 0.481 e. The number of ether oxygens (including phenoxy) is 2. The van der Waals surface area contributed by atoms with Crippen molar-refractivity contribution in [1.29, 1.82) is 0 Å². The van der Waals surface area contributed by atoms with Crippen LogP contribution in [0.3, 0.4) is 0 Å². The van der Waals surface area contributed by atoms with E-state index in [-0.39, 0.29) is 36.9 Å². The van der Waals surface area contributed by atoms with Crippen LogP contribution in [0.4, 0.5) is 0 Å². The van der Waals surface area contributed by atoms with Gasteiger partial charge in [0.15, 0.2) is 6.29 Å². The molecular weight excluding hydrogens is 344 g/mol. The minimum atomic E-state index is -0.741. The van der Waals surface area contributed by atoms with E-state index in [2.05, 4.69) is 25.2 Å². The van der Waals surface area contributed by atoms with Crippen LogP contribution < -0.4 is 0 Å². The van der Waals surface area contributed by atoms with Gasteiger partial charge in [-0.15, -0.1) is 0 Å². The van der Waals surface area contributed by atoms with Crippen molar-refractivity contribution < 1.29 is 24.5 Å². The van der Waals surface area contributed by atoms with Crippen molar-refractivity contribution in [3.05, 3.63) is 24.3 Å². The summed E-state index contributed by atoms with van der Waals surface area (Å²) < 4.78 is 12.0. The predicted octanol–water partition coefficient (Wildman–Crippen LogP) is 4.45. The van der Waals surface area contributed by atoms with E-state index < -0.39 is 5.97 Å². The van der Waals surface area contributed by atoms with Crippen LogP contribution in [0.15, 0.2) is 24.3 Å². The molecule has 2 N–H and O–H groups in total. The average Bonchev–Trinajstić information content (AvgIpc) is 2.86. The fourth-order valence-electron chi connectivity index (χ4n) is 4.19.